The Kier molecular flexibility index (Phi) is 7.97. The van der Waals surface area contributed by atoms with Gasteiger partial charge in [-0.05, 0) is 55.9 Å². The van der Waals surface area contributed by atoms with Gasteiger partial charge in [0.15, 0.2) is 5.11 Å². The van der Waals surface area contributed by atoms with Gasteiger partial charge in [0.25, 0.3) is 5.91 Å². The Bertz CT molecular complexity index is 1020. The van der Waals surface area contributed by atoms with Crippen molar-refractivity contribution in [2.75, 3.05) is 32.2 Å². The zero-order chi connectivity index (χ0) is 23.1. The number of carbonyl (C=O) groups is 2. The van der Waals surface area contributed by atoms with E-state index in [9.17, 15) is 9.59 Å². The number of esters is 1. The fourth-order valence-electron chi connectivity index (χ4n) is 3.56. The SMILES string of the molecule is CCN1C(=S)NC(c2cccc(NC(=O)c3ccccc3)c2)C(C(=O)OCCOC)=C1C. The van der Waals surface area contributed by atoms with Gasteiger partial charge >= 0.3 is 5.97 Å². The molecule has 0 spiro atoms. The van der Waals surface area contributed by atoms with Crippen LogP contribution < -0.4 is 10.6 Å². The lowest BCUT2D eigenvalue weighted by Gasteiger charge is -2.37. The first kappa shape index (κ1) is 23.4. The quantitative estimate of drug-likeness (QED) is 0.359. The van der Waals surface area contributed by atoms with Crippen molar-refractivity contribution in [3.8, 4) is 0 Å². The van der Waals surface area contributed by atoms with Crippen LogP contribution in [0, 0.1) is 0 Å². The Labute approximate surface area is 193 Å². The molecular weight excluding hydrogens is 426 g/mol. The van der Waals surface area contributed by atoms with Crippen molar-refractivity contribution in [3.63, 3.8) is 0 Å². The van der Waals surface area contributed by atoms with Crippen molar-refractivity contribution >= 4 is 34.9 Å². The average Bonchev–Trinajstić information content (AvgIpc) is 2.79. The predicted octanol–water partition coefficient (Wildman–Crippen LogP) is 3.65. The van der Waals surface area contributed by atoms with E-state index in [-0.39, 0.29) is 12.5 Å². The Morgan fingerprint density at radius 1 is 1.12 bits per heavy atom. The number of hydrogen-bond donors (Lipinski definition) is 2. The molecule has 0 fully saturated rings. The van der Waals surface area contributed by atoms with E-state index in [1.165, 1.54) is 0 Å². The van der Waals surface area contributed by atoms with Crippen molar-refractivity contribution in [2.24, 2.45) is 0 Å². The van der Waals surface area contributed by atoms with Crippen LogP contribution in [0.2, 0.25) is 0 Å². The number of nitrogens with zero attached hydrogens (tertiary/aromatic N) is 1. The number of anilines is 1. The van der Waals surface area contributed by atoms with E-state index in [0.29, 0.717) is 35.1 Å². The summed E-state index contributed by atoms with van der Waals surface area (Å²) < 4.78 is 10.4. The smallest absolute Gasteiger partial charge is 0.338 e. The molecule has 2 N–H and O–H groups in total. The molecule has 2 aromatic carbocycles. The number of rotatable bonds is 8. The molecule has 3 rings (SSSR count). The van der Waals surface area contributed by atoms with Crippen LogP contribution in [0.3, 0.4) is 0 Å². The standard InChI is InChI=1S/C24H27N3O4S/c1-4-27-16(2)20(23(29)31-14-13-30-3)21(26-24(27)32)18-11-8-12-19(15-18)25-22(28)17-9-6-5-7-10-17/h5-12,15,21H,4,13-14H2,1-3H3,(H,25,28)(H,26,32). The van der Waals surface area contributed by atoms with Crippen LogP contribution in [0.4, 0.5) is 5.69 Å². The van der Waals surface area contributed by atoms with Gasteiger partial charge in [-0.2, -0.15) is 0 Å². The maximum Gasteiger partial charge on any atom is 0.338 e. The Morgan fingerprint density at radius 3 is 2.56 bits per heavy atom. The third kappa shape index (κ3) is 5.33. The fraction of sp³-hybridized carbons (Fsp3) is 0.292. The second kappa shape index (κ2) is 10.9. The van der Waals surface area contributed by atoms with E-state index in [4.69, 9.17) is 21.7 Å². The highest BCUT2D eigenvalue weighted by molar-refractivity contribution is 7.80. The molecule has 0 aromatic heterocycles. The summed E-state index contributed by atoms with van der Waals surface area (Å²) in [6, 6.07) is 15.8. The highest BCUT2D eigenvalue weighted by Gasteiger charge is 2.34. The van der Waals surface area contributed by atoms with Crippen molar-refractivity contribution in [2.45, 2.75) is 19.9 Å². The molecular formula is C24H27N3O4S. The van der Waals surface area contributed by atoms with Gasteiger partial charge in [-0.25, -0.2) is 4.79 Å². The molecule has 1 aliphatic heterocycles. The largest absolute Gasteiger partial charge is 0.460 e. The molecule has 0 saturated carbocycles. The van der Waals surface area contributed by atoms with Gasteiger partial charge in [0.05, 0.1) is 18.2 Å². The lowest BCUT2D eigenvalue weighted by molar-refractivity contribution is -0.140. The molecule has 1 atom stereocenters. The summed E-state index contributed by atoms with van der Waals surface area (Å²) in [6.07, 6.45) is 0. The Morgan fingerprint density at radius 2 is 1.88 bits per heavy atom. The number of allylic oxidation sites excluding steroid dienone is 1. The van der Waals surface area contributed by atoms with Gasteiger partial charge in [-0.3, -0.25) is 4.79 Å². The first-order chi connectivity index (χ1) is 15.5. The van der Waals surface area contributed by atoms with Gasteiger partial charge in [-0.1, -0.05) is 30.3 Å². The van der Waals surface area contributed by atoms with Crippen LogP contribution in [-0.4, -0.2) is 48.8 Å². The number of amides is 1. The van der Waals surface area contributed by atoms with E-state index in [1.54, 1.807) is 25.3 Å². The molecule has 0 aliphatic carbocycles. The van der Waals surface area contributed by atoms with E-state index >= 15 is 0 Å². The summed E-state index contributed by atoms with van der Waals surface area (Å²) >= 11 is 5.53. The van der Waals surface area contributed by atoms with Gasteiger partial charge in [-0.15, -0.1) is 0 Å². The maximum absolute atomic E-state index is 13.0. The highest BCUT2D eigenvalue weighted by atomic mass is 32.1. The van der Waals surface area contributed by atoms with Gasteiger partial charge in [0.2, 0.25) is 0 Å². The molecule has 7 nitrogen and oxygen atoms in total. The Hall–Kier alpha value is -3.23. The summed E-state index contributed by atoms with van der Waals surface area (Å²) in [5, 5.41) is 6.69. The molecule has 1 heterocycles. The lowest BCUT2D eigenvalue weighted by Crippen LogP contribution is -2.47. The summed E-state index contributed by atoms with van der Waals surface area (Å²) in [6.45, 7) is 4.91. The monoisotopic (exact) mass is 453 g/mol. The van der Waals surface area contributed by atoms with Crippen LogP contribution in [0.5, 0.6) is 0 Å². The van der Waals surface area contributed by atoms with Gasteiger partial charge in [0, 0.05) is 30.6 Å². The molecule has 1 unspecified atom stereocenters. The normalized spacial score (nSPS) is 15.9. The minimum atomic E-state index is -0.506. The first-order valence-electron chi connectivity index (χ1n) is 10.4. The highest BCUT2D eigenvalue weighted by Crippen LogP contribution is 2.32. The van der Waals surface area contributed by atoms with Crippen LogP contribution >= 0.6 is 12.2 Å². The van der Waals surface area contributed by atoms with Crippen molar-refractivity contribution in [3.05, 3.63) is 77.0 Å². The molecule has 1 aliphatic rings. The number of ether oxygens (including phenoxy) is 2. The minimum absolute atomic E-state index is 0.155. The Balaban J connectivity index is 1.91. The van der Waals surface area contributed by atoms with Crippen molar-refractivity contribution < 1.29 is 19.1 Å². The third-order valence-corrected chi connectivity index (χ3v) is 5.51. The van der Waals surface area contributed by atoms with E-state index in [2.05, 4.69) is 10.6 Å². The lowest BCUT2D eigenvalue weighted by atomic mass is 9.94. The maximum atomic E-state index is 13.0. The van der Waals surface area contributed by atoms with E-state index in [1.807, 2.05) is 55.1 Å². The number of nitrogens with one attached hydrogen (secondary N) is 2. The van der Waals surface area contributed by atoms with Crippen molar-refractivity contribution in [1.82, 2.24) is 10.2 Å². The summed E-state index contributed by atoms with van der Waals surface area (Å²) in [5.74, 6) is -0.644. The second-order valence-corrected chi connectivity index (χ2v) is 7.59. The third-order valence-electron chi connectivity index (χ3n) is 5.17. The fourth-order valence-corrected chi connectivity index (χ4v) is 3.94. The van der Waals surface area contributed by atoms with Gasteiger partial charge < -0.3 is 25.0 Å². The van der Waals surface area contributed by atoms with Crippen LogP contribution in [0.15, 0.2) is 65.9 Å². The number of carbonyl (C=O) groups excluding carboxylic acids is 2. The molecule has 168 valence electrons. The molecule has 2 aromatic rings. The van der Waals surface area contributed by atoms with Crippen LogP contribution in [0.1, 0.15) is 35.8 Å². The van der Waals surface area contributed by atoms with Crippen LogP contribution in [0.25, 0.3) is 0 Å². The van der Waals surface area contributed by atoms with E-state index in [0.717, 1.165) is 11.3 Å². The zero-order valence-corrected chi connectivity index (χ0v) is 19.2. The summed E-state index contributed by atoms with van der Waals surface area (Å²) in [7, 11) is 1.55. The number of benzene rings is 2. The van der Waals surface area contributed by atoms with Crippen molar-refractivity contribution in [1.29, 1.82) is 0 Å². The second-order valence-electron chi connectivity index (χ2n) is 7.20. The predicted molar refractivity (Wildman–Crippen MR) is 127 cm³/mol. The van der Waals surface area contributed by atoms with Gasteiger partial charge in [0.1, 0.15) is 6.61 Å². The first-order valence-corrected chi connectivity index (χ1v) is 10.8. The number of methoxy groups -OCH3 is 1. The molecule has 32 heavy (non-hydrogen) atoms. The van der Waals surface area contributed by atoms with Crippen LogP contribution in [-0.2, 0) is 14.3 Å². The summed E-state index contributed by atoms with van der Waals surface area (Å²) in [4.78, 5) is 27.4. The average molecular weight is 454 g/mol. The molecule has 0 saturated heterocycles. The zero-order valence-electron chi connectivity index (χ0n) is 18.4. The number of hydrogen-bond acceptors (Lipinski definition) is 5. The van der Waals surface area contributed by atoms with E-state index < -0.39 is 12.0 Å². The number of thiocarbonyl (C=S) groups is 1. The molecule has 0 bridgehead atoms. The molecule has 8 heteroatoms. The topological polar surface area (TPSA) is 79.9 Å². The minimum Gasteiger partial charge on any atom is -0.460 e. The molecule has 0 radical (unpaired) electrons. The molecule has 1 amide bonds. The summed E-state index contributed by atoms with van der Waals surface area (Å²) in [5.41, 5.74) is 3.18.